The van der Waals surface area contributed by atoms with Gasteiger partial charge in [-0.15, -0.1) is 10.2 Å². The van der Waals surface area contributed by atoms with Crippen LogP contribution in [0.3, 0.4) is 0 Å². The zero-order valence-corrected chi connectivity index (χ0v) is 13.4. The quantitative estimate of drug-likeness (QED) is 0.445. The van der Waals surface area contributed by atoms with Gasteiger partial charge in [0.1, 0.15) is 0 Å². The van der Waals surface area contributed by atoms with Gasteiger partial charge in [-0.1, -0.05) is 36.0 Å². The molecule has 0 aliphatic heterocycles. The maximum Gasteiger partial charge on any atom is 0.230 e. The Morgan fingerprint density at radius 2 is 2.18 bits per heavy atom. The number of ether oxygens (including phenoxy) is 1. The number of rotatable bonds is 7. The first kappa shape index (κ1) is 16.3. The molecule has 1 amide bonds. The smallest absolute Gasteiger partial charge is 0.230 e. The fourth-order valence-corrected chi connectivity index (χ4v) is 2.54. The van der Waals surface area contributed by atoms with E-state index >= 15 is 0 Å². The number of benzene rings is 1. The Bertz CT molecular complexity index is 644. The molecule has 2 aromatic rings. The number of carbonyl (C=O) groups excluding carboxylic acids is 1. The average molecular weight is 321 g/mol. The number of aromatic nitrogens is 3. The molecule has 0 atom stereocenters. The summed E-state index contributed by atoms with van der Waals surface area (Å²) in [4.78, 5) is 11.6. The summed E-state index contributed by atoms with van der Waals surface area (Å²) < 4.78 is 6.28. The molecule has 8 heteroatoms. The molecule has 0 spiro atoms. The number of amides is 1. The van der Waals surface area contributed by atoms with Crippen LogP contribution >= 0.6 is 11.8 Å². The molecule has 0 aliphatic rings. The van der Waals surface area contributed by atoms with Crippen molar-refractivity contribution in [1.82, 2.24) is 20.2 Å². The van der Waals surface area contributed by atoms with Crippen LogP contribution in [0, 0.1) is 6.92 Å². The zero-order chi connectivity index (χ0) is 15.9. The van der Waals surface area contributed by atoms with Crippen molar-refractivity contribution in [1.29, 1.82) is 0 Å². The summed E-state index contributed by atoms with van der Waals surface area (Å²) in [5, 5.41) is 11.4. The van der Waals surface area contributed by atoms with Crippen LogP contribution in [0.25, 0.3) is 11.4 Å². The molecule has 2 rings (SSSR count). The second kappa shape index (κ2) is 7.81. The molecule has 118 valence electrons. The third-order valence-corrected chi connectivity index (χ3v) is 3.95. The first-order chi connectivity index (χ1) is 10.6. The molecule has 0 radical (unpaired) electrons. The molecule has 0 saturated carbocycles. The highest BCUT2D eigenvalue weighted by atomic mass is 32.2. The van der Waals surface area contributed by atoms with Crippen molar-refractivity contribution in [3.63, 3.8) is 0 Å². The van der Waals surface area contributed by atoms with Gasteiger partial charge in [0, 0.05) is 19.2 Å². The second-order valence-electron chi connectivity index (χ2n) is 4.62. The van der Waals surface area contributed by atoms with Crippen molar-refractivity contribution in [2.45, 2.75) is 12.1 Å². The van der Waals surface area contributed by atoms with Crippen molar-refractivity contribution in [2.75, 3.05) is 31.9 Å². The largest absolute Gasteiger partial charge is 0.383 e. The van der Waals surface area contributed by atoms with E-state index in [1.807, 2.05) is 31.2 Å². The van der Waals surface area contributed by atoms with Gasteiger partial charge in [0.2, 0.25) is 11.1 Å². The Morgan fingerprint density at radius 3 is 2.91 bits per heavy atom. The van der Waals surface area contributed by atoms with Gasteiger partial charge in [-0.25, -0.2) is 4.68 Å². The third kappa shape index (κ3) is 3.99. The summed E-state index contributed by atoms with van der Waals surface area (Å²) in [5.41, 5.74) is 1.99. The number of nitrogen functional groups attached to an aromatic ring is 1. The standard InChI is InChI=1S/C14H19N5O2S/c1-10-5-3-4-6-11(10)13-17-18-14(19(13)15)22-9-12(20)16-7-8-21-2/h3-6H,7-9,15H2,1-2H3,(H,16,20). The van der Waals surface area contributed by atoms with E-state index in [9.17, 15) is 4.79 Å². The van der Waals surface area contributed by atoms with Crippen molar-refractivity contribution >= 4 is 17.7 Å². The van der Waals surface area contributed by atoms with Crippen molar-refractivity contribution in [3.05, 3.63) is 29.8 Å². The van der Waals surface area contributed by atoms with Crippen molar-refractivity contribution in [3.8, 4) is 11.4 Å². The van der Waals surface area contributed by atoms with Crippen molar-refractivity contribution < 1.29 is 9.53 Å². The molecule has 22 heavy (non-hydrogen) atoms. The molecular weight excluding hydrogens is 302 g/mol. The van der Waals surface area contributed by atoms with Crippen LogP contribution in [-0.4, -0.2) is 46.8 Å². The summed E-state index contributed by atoms with van der Waals surface area (Å²) in [6, 6.07) is 7.80. The van der Waals surface area contributed by atoms with Crippen LogP contribution in [0.15, 0.2) is 29.4 Å². The summed E-state index contributed by atoms with van der Waals surface area (Å²) in [5.74, 6) is 6.75. The Hall–Kier alpha value is -2.06. The Labute approximate surface area is 133 Å². The average Bonchev–Trinajstić information content (AvgIpc) is 2.87. The monoisotopic (exact) mass is 321 g/mol. The fraction of sp³-hybridized carbons (Fsp3) is 0.357. The molecule has 7 nitrogen and oxygen atoms in total. The predicted molar refractivity (Wildman–Crippen MR) is 86.0 cm³/mol. The van der Waals surface area contributed by atoms with E-state index in [-0.39, 0.29) is 11.7 Å². The van der Waals surface area contributed by atoms with E-state index in [1.54, 1.807) is 7.11 Å². The maximum absolute atomic E-state index is 11.6. The molecule has 1 heterocycles. The SMILES string of the molecule is COCCNC(=O)CSc1nnc(-c2ccccc2C)n1N. The number of nitrogens with two attached hydrogens (primary N) is 1. The lowest BCUT2D eigenvalue weighted by atomic mass is 10.1. The minimum Gasteiger partial charge on any atom is -0.383 e. The highest BCUT2D eigenvalue weighted by molar-refractivity contribution is 7.99. The van der Waals surface area contributed by atoms with E-state index in [0.717, 1.165) is 11.1 Å². The van der Waals surface area contributed by atoms with Gasteiger partial charge in [-0.05, 0) is 12.5 Å². The normalized spacial score (nSPS) is 10.6. The highest BCUT2D eigenvalue weighted by Crippen LogP contribution is 2.23. The number of nitrogens with zero attached hydrogens (tertiary/aromatic N) is 3. The summed E-state index contributed by atoms with van der Waals surface area (Å²) in [6.07, 6.45) is 0. The van der Waals surface area contributed by atoms with Gasteiger partial charge >= 0.3 is 0 Å². The van der Waals surface area contributed by atoms with Crippen LogP contribution < -0.4 is 11.2 Å². The lowest BCUT2D eigenvalue weighted by molar-refractivity contribution is -0.118. The molecule has 3 N–H and O–H groups in total. The first-order valence-corrected chi connectivity index (χ1v) is 7.77. The minimum absolute atomic E-state index is 0.0949. The van der Waals surface area contributed by atoms with Crippen molar-refractivity contribution in [2.24, 2.45) is 0 Å². The highest BCUT2D eigenvalue weighted by Gasteiger charge is 2.14. The maximum atomic E-state index is 11.6. The molecule has 0 unspecified atom stereocenters. The van der Waals surface area contributed by atoms with Gasteiger partial charge in [0.05, 0.1) is 12.4 Å². The van der Waals surface area contributed by atoms with E-state index in [2.05, 4.69) is 15.5 Å². The minimum atomic E-state index is -0.0949. The summed E-state index contributed by atoms with van der Waals surface area (Å²) in [6.45, 7) is 2.96. The number of aryl methyl sites for hydroxylation is 1. The van der Waals surface area contributed by atoms with E-state index < -0.39 is 0 Å². The first-order valence-electron chi connectivity index (χ1n) is 6.78. The van der Waals surface area contributed by atoms with E-state index in [4.69, 9.17) is 10.6 Å². The van der Waals surface area contributed by atoms with Gasteiger partial charge in [-0.2, -0.15) is 0 Å². The summed E-state index contributed by atoms with van der Waals surface area (Å²) >= 11 is 1.25. The fourth-order valence-electron chi connectivity index (χ4n) is 1.86. The number of thioether (sulfide) groups is 1. The van der Waals surface area contributed by atoms with Gasteiger partial charge in [0.25, 0.3) is 0 Å². The lowest BCUT2D eigenvalue weighted by Gasteiger charge is -2.06. The Balaban J connectivity index is 2.00. The number of nitrogens with one attached hydrogen (secondary N) is 1. The van der Waals surface area contributed by atoms with Crippen LogP contribution in [0.2, 0.25) is 0 Å². The lowest BCUT2D eigenvalue weighted by Crippen LogP contribution is -2.28. The molecule has 1 aromatic carbocycles. The number of hydrogen-bond donors (Lipinski definition) is 2. The zero-order valence-electron chi connectivity index (χ0n) is 12.6. The third-order valence-electron chi connectivity index (χ3n) is 3.01. The summed E-state index contributed by atoms with van der Waals surface area (Å²) in [7, 11) is 1.59. The number of methoxy groups -OCH3 is 1. The second-order valence-corrected chi connectivity index (χ2v) is 5.57. The molecule has 0 fully saturated rings. The van der Waals surface area contributed by atoms with Gasteiger partial charge in [0.15, 0.2) is 5.82 Å². The van der Waals surface area contributed by atoms with Crippen LogP contribution in [0.5, 0.6) is 0 Å². The molecule has 1 aromatic heterocycles. The number of hydrogen-bond acceptors (Lipinski definition) is 6. The van der Waals surface area contributed by atoms with E-state index in [0.29, 0.717) is 24.1 Å². The van der Waals surface area contributed by atoms with Crippen LogP contribution in [0.1, 0.15) is 5.56 Å². The van der Waals surface area contributed by atoms with Gasteiger partial charge in [-0.3, -0.25) is 4.79 Å². The molecule has 0 saturated heterocycles. The predicted octanol–water partition coefficient (Wildman–Crippen LogP) is 0.822. The molecular formula is C14H19N5O2S. The number of carbonyl (C=O) groups is 1. The Morgan fingerprint density at radius 1 is 1.41 bits per heavy atom. The molecule has 0 aliphatic carbocycles. The van der Waals surface area contributed by atoms with Crippen LogP contribution in [0.4, 0.5) is 0 Å². The van der Waals surface area contributed by atoms with Crippen LogP contribution in [-0.2, 0) is 9.53 Å². The topological polar surface area (TPSA) is 95.1 Å². The Kier molecular flexibility index (Phi) is 5.79. The van der Waals surface area contributed by atoms with Gasteiger partial charge < -0.3 is 15.9 Å². The molecule has 0 bridgehead atoms. The van der Waals surface area contributed by atoms with E-state index in [1.165, 1.54) is 16.4 Å².